The summed E-state index contributed by atoms with van der Waals surface area (Å²) >= 11 is 0. The van der Waals surface area contributed by atoms with E-state index in [0.29, 0.717) is 17.9 Å². The van der Waals surface area contributed by atoms with Gasteiger partial charge in [0.15, 0.2) is 0 Å². The van der Waals surface area contributed by atoms with Crippen LogP contribution in [0.1, 0.15) is 127 Å². The molecule has 0 aliphatic heterocycles. The number of Topliss-reactive ketones (excluding diaryl/α,β-unsaturated/α-hetero) is 1. The largest absolute Gasteiger partial charge is 0.331 e. The predicted octanol–water partition coefficient (Wildman–Crippen LogP) is 8.95. The van der Waals surface area contributed by atoms with E-state index in [1.54, 1.807) is 12.1 Å². The lowest BCUT2D eigenvalue weighted by Gasteiger charge is -2.32. The maximum absolute atomic E-state index is 13.9. The highest BCUT2D eigenvalue weighted by Crippen LogP contribution is 2.55. The van der Waals surface area contributed by atoms with Crippen LogP contribution in [0.4, 0.5) is 5.69 Å². The number of non-ortho nitro benzene ring substituents is 1. The second-order valence-electron chi connectivity index (χ2n) is 11.1. The normalized spacial score (nSPS) is 14.4. The third-order valence-electron chi connectivity index (χ3n) is 8.34. The Bertz CT molecular complexity index is 1240. The van der Waals surface area contributed by atoms with Crippen LogP contribution in [0.3, 0.4) is 0 Å². The second-order valence-corrected chi connectivity index (χ2v) is 11.1. The van der Waals surface area contributed by atoms with Gasteiger partial charge in [0, 0.05) is 30.0 Å². The first-order valence-corrected chi connectivity index (χ1v) is 14.9. The number of benzene rings is 2. The van der Waals surface area contributed by atoms with Gasteiger partial charge in [0.05, 0.1) is 4.92 Å². The molecule has 1 aliphatic rings. The molecule has 3 rings (SSSR count). The van der Waals surface area contributed by atoms with Crippen molar-refractivity contribution in [1.29, 1.82) is 0 Å². The first-order chi connectivity index (χ1) is 19.2. The van der Waals surface area contributed by atoms with Crippen LogP contribution in [0.5, 0.6) is 0 Å². The van der Waals surface area contributed by atoms with Crippen molar-refractivity contribution in [3.8, 4) is 11.1 Å². The molecule has 0 bridgehead atoms. The number of nitro groups is 1. The SMILES string of the molecule is CCCCC1(CCCC)c2cc(C(=O)/C(CCC(CC)CCC)=N/OC(C)=O)ccc2-c2ccc([N+](=O)[O-])cc21. The van der Waals surface area contributed by atoms with Crippen molar-refractivity contribution >= 4 is 23.2 Å². The van der Waals surface area contributed by atoms with Crippen LogP contribution in [0.15, 0.2) is 41.6 Å². The van der Waals surface area contributed by atoms with Gasteiger partial charge in [-0.05, 0) is 66.0 Å². The molecular formula is C33H44N2O5. The molecule has 1 unspecified atom stereocenters. The number of hydrogen-bond acceptors (Lipinski definition) is 6. The summed E-state index contributed by atoms with van der Waals surface area (Å²) in [6, 6.07) is 10.9. The molecule has 0 heterocycles. The topological polar surface area (TPSA) is 98.9 Å². The van der Waals surface area contributed by atoms with Crippen LogP contribution in [-0.4, -0.2) is 22.4 Å². The maximum Gasteiger partial charge on any atom is 0.331 e. The maximum atomic E-state index is 13.9. The van der Waals surface area contributed by atoms with E-state index in [0.717, 1.165) is 86.5 Å². The number of carbonyl (C=O) groups excluding carboxylic acids is 2. The Morgan fingerprint density at radius 3 is 2.10 bits per heavy atom. The van der Waals surface area contributed by atoms with Crippen LogP contribution >= 0.6 is 0 Å². The second kappa shape index (κ2) is 14.3. The first kappa shape index (κ1) is 31.2. The number of carbonyl (C=O) groups is 2. The van der Waals surface area contributed by atoms with Crippen molar-refractivity contribution in [2.24, 2.45) is 11.1 Å². The fraction of sp³-hybridized carbons (Fsp3) is 0.545. The molecule has 2 aromatic carbocycles. The molecule has 0 N–H and O–H groups in total. The van der Waals surface area contributed by atoms with Crippen molar-refractivity contribution in [1.82, 2.24) is 0 Å². The zero-order valence-electron chi connectivity index (χ0n) is 24.8. The lowest BCUT2D eigenvalue weighted by Crippen LogP contribution is -2.26. The van der Waals surface area contributed by atoms with Gasteiger partial charge in [-0.15, -0.1) is 0 Å². The number of nitrogens with zero attached hydrogens (tertiary/aromatic N) is 2. The van der Waals surface area contributed by atoms with Gasteiger partial charge in [-0.2, -0.15) is 0 Å². The fourth-order valence-corrected chi connectivity index (χ4v) is 6.15. The van der Waals surface area contributed by atoms with Crippen molar-refractivity contribution < 1.29 is 19.3 Å². The summed E-state index contributed by atoms with van der Waals surface area (Å²) in [5, 5.41) is 15.7. The minimum atomic E-state index is -0.560. The molecule has 0 radical (unpaired) electrons. The molecule has 0 aromatic heterocycles. The van der Waals surface area contributed by atoms with Crippen LogP contribution in [0.25, 0.3) is 11.1 Å². The molecule has 40 heavy (non-hydrogen) atoms. The average Bonchev–Trinajstić information content (AvgIpc) is 3.22. The first-order valence-electron chi connectivity index (χ1n) is 14.9. The number of hydrogen-bond donors (Lipinski definition) is 0. The zero-order chi connectivity index (χ0) is 29.3. The summed E-state index contributed by atoms with van der Waals surface area (Å²) in [5.74, 6) is -0.325. The summed E-state index contributed by atoms with van der Waals surface area (Å²) in [5.41, 5.74) is 4.53. The highest BCUT2D eigenvalue weighted by atomic mass is 16.7. The molecule has 0 spiro atoms. The summed E-state index contributed by atoms with van der Waals surface area (Å²) in [6.07, 6.45) is 10.1. The Morgan fingerprint density at radius 1 is 0.925 bits per heavy atom. The van der Waals surface area contributed by atoms with Gasteiger partial charge in [0.1, 0.15) is 5.71 Å². The summed E-state index contributed by atoms with van der Waals surface area (Å²) in [7, 11) is 0. The third kappa shape index (κ3) is 6.86. The van der Waals surface area contributed by atoms with Crippen molar-refractivity contribution in [2.45, 2.75) is 111 Å². The average molecular weight is 549 g/mol. The summed E-state index contributed by atoms with van der Waals surface area (Å²) in [4.78, 5) is 41.8. The van der Waals surface area contributed by atoms with E-state index in [2.05, 4.69) is 32.9 Å². The molecule has 7 nitrogen and oxygen atoms in total. The highest BCUT2D eigenvalue weighted by Gasteiger charge is 2.43. The minimum Gasteiger partial charge on any atom is -0.318 e. The zero-order valence-corrected chi connectivity index (χ0v) is 24.8. The Labute approximate surface area is 238 Å². The Morgan fingerprint density at radius 2 is 1.55 bits per heavy atom. The predicted molar refractivity (Wildman–Crippen MR) is 160 cm³/mol. The van der Waals surface area contributed by atoms with Gasteiger partial charge < -0.3 is 4.84 Å². The Balaban J connectivity index is 2.11. The number of rotatable bonds is 16. The van der Waals surface area contributed by atoms with Crippen molar-refractivity contribution in [2.75, 3.05) is 0 Å². The van der Waals surface area contributed by atoms with E-state index in [1.165, 1.54) is 6.92 Å². The van der Waals surface area contributed by atoms with Crippen LogP contribution in [0, 0.1) is 16.0 Å². The molecule has 0 amide bonds. The molecule has 7 heteroatoms. The number of unbranched alkanes of at least 4 members (excludes halogenated alkanes) is 2. The quantitative estimate of drug-likeness (QED) is 0.0685. The van der Waals surface area contributed by atoms with Gasteiger partial charge in [-0.25, -0.2) is 4.79 Å². The number of fused-ring (bicyclic) bond motifs is 3. The highest BCUT2D eigenvalue weighted by molar-refractivity contribution is 6.46. The standard InChI is InChI=1S/C33H44N2O5/c1-6-10-19-33(20-11-7-2)29-21-25(14-16-27(29)28-17-15-26(35(38)39)22-30(28)33)32(37)31(34-40-23(5)36)18-13-24(9-4)12-8-3/h14-17,21-22,24H,6-13,18-20H2,1-5H3/b34-31+. The van der Waals surface area contributed by atoms with Gasteiger partial charge in [-0.3, -0.25) is 14.9 Å². The van der Waals surface area contributed by atoms with Crippen LogP contribution in [-0.2, 0) is 15.0 Å². The van der Waals surface area contributed by atoms with E-state index in [4.69, 9.17) is 4.84 Å². The van der Waals surface area contributed by atoms with Crippen LogP contribution < -0.4 is 0 Å². The summed E-state index contributed by atoms with van der Waals surface area (Å²) < 4.78 is 0. The number of oxime groups is 1. The Hall–Kier alpha value is -3.35. The molecule has 216 valence electrons. The van der Waals surface area contributed by atoms with Crippen LogP contribution in [0.2, 0.25) is 0 Å². The molecule has 0 saturated carbocycles. The monoisotopic (exact) mass is 548 g/mol. The van der Waals surface area contributed by atoms with Gasteiger partial charge in [0.2, 0.25) is 5.78 Å². The minimum absolute atomic E-state index is 0.0913. The third-order valence-corrected chi connectivity index (χ3v) is 8.34. The van der Waals surface area contributed by atoms with Crippen molar-refractivity contribution in [3.05, 3.63) is 63.2 Å². The van der Waals surface area contributed by atoms with E-state index in [9.17, 15) is 19.7 Å². The van der Waals surface area contributed by atoms with Gasteiger partial charge in [0.25, 0.3) is 5.69 Å². The van der Waals surface area contributed by atoms with E-state index in [1.807, 2.05) is 24.3 Å². The van der Waals surface area contributed by atoms with E-state index in [-0.39, 0.29) is 22.1 Å². The van der Waals surface area contributed by atoms with E-state index >= 15 is 0 Å². The van der Waals surface area contributed by atoms with Crippen molar-refractivity contribution in [3.63, 3.8) is 0 Å². The fourth-order valence-electron chi connectivity index (χ4n) is 6.15. The molecular weight excluding hydrogens is 504 g/mol. The lowest BCUT2D eigenvalue weighted by molar-refractivity contribution is -0.384. The molecule has 1 aliphatic carbocycles. The Kier molecular flexibility index (Phi) is 11.2. The molecule has 2 aromatic rings. The lowest BCUT2D eigenvalue weighted by atomic mass is 9.70. The number of ketones is 1. The number of nitro benzene ring substituents is 1. The smallest absolute Gasteiger partial charge is 0.318 e. The van der Waals surface area contributed by atoms with E-state index < -0.39 is 11.4 Å². The molecule has 0 saturated heterocycles. The molecule has 0 fully saturated rings. The van der Waals surface area contributed by atoms with Gasteiger partial charge >= 0.3 is 5.97 Å². The molecule has 1 atom stereocenters. The summed E-state index contributed by atoms with van der Waals surface area (Å²) in [6.45, 7) is 9.89. The van der Waals surface area contributed by atoms with Gasteiger partial charge in [-0.1, -0.05) is 89.9 Å².